The first kappa shape index (κ1) is 18.5. The Balaban J connectivity index is 1.79. The lowest BCUT2D eigenvalue weighted by atomic mass is 10.1. The van der Waals surface area contributed by atoms with Gasteiger partial charge in [0, 0.05) is 24.7 Å². The number of nitrogens with one attached hydrogen (secondary N) is 1. The van der Waals surface area contributed by atoms with Gasteiger partial charge >= 0.3 is 0 Å². The van der Waals surface area contributed by atoms with Crippen LogP contribution in [-0.2, 0) is 4.79 Å². The first-order chi connectivity index (χ1) is 13.1. The Hall–Kier alpha value is -3.28. The smallest absolute Gasteiger partial charge is 0.248 e. The zero-order chi connectivity index (χ0) is 19.2. The van der Waals surface area contributed by atoms with Crippen LogP contribution < -0.4 is 20.7 Å². The molecule has 27 heavy (non-hydrogen) atoms. The van der Waals surface area contributed by atoms with Crippen molar-refractivity contribution in [2.24, 2.45) is 5.73 Å². The van der Waals surface area contributed by atoms with Crippen LogP contribution in [0, 0.1) is 0 Å². The summed E-state index contributed by atoms with van der Waals surface area (Å²) in [5.41, 5.74) is 8.10. The summed E-state index contributed by atoms with van der Waals surface area (Å²) in [4.78, 5) is 26.1. The van der Waals surface area contributed by atoms with Gasteiger partial charge in [-0.1, -0.05) is 12.1 Å². The summed E-state index contributed by atoms with van der Waals surface area (Å²) >= 11 is 0. The molecule has 1 fully saturated rings. The number of hydrogen-bond donors (Lipinski definition) is 2. The molecule has 1 aliphatic heterocycles. The van der Waals surface area contributed by atoms with E-state index in [9.17, 15) is 9.59 Å². The molecular formula is C21H23N3O3. The number of hydrogen-bond acceptors (Lipinski definition) is 4. The predicted octanol–water partition coefficient (Wildman–Crippen LogP) is 3.05. The van der Waals surface area contributed by atoms with E-state index in [0.29, 0.717) is 11.3 Å². The molecule has 0 aromatic heterocycles. The Morgan fingerprint density at radius 2 is 1.93 bits per heavy atom. The number of primary amides is 1. The fourth-order valence-electron chi connectivity index (χ4n) is 3.11. The van der Waals surface area contributed by atoms with Gasteiger partial charge in [0.1, 0.15) is 5.75 Å². The fourth-order valence-corrected chi connectivity index (χ4v) is 3.11. The maximum Gasteiger partial charge on any atom is 0.248 e. The molecule has 0 saturated carbocycles. The third-order valence-electron chi connectivity index (χ3n) is 4.51. The first-order valence-electron chi connectivity index (χ1n) is 8.89. The highest BCUT2D eigenvalue weighted by molar-refractivity contribution is 6.05. The molecule has 0 radical (unpaired) electrons. The van der Waals surface area contributed by atoms with Crippen LogP contribution in [-0.4, -0.2) is 32.0 Å². The third-order valence-corrected chi connectivity index (χ3v) is 4.51. The zero-order valence-electron chi connectivity index (χ0n) is 15.3. The fraction of sp³-hybridized carbons (Fsp3) is 0.238. The van der Waals surface area contributed by atoms with Crippen molar-refractivity contribution < 1.29 is 14.3 Å². The summed E-state index contributed by atoms with van der Waals surface area (Å²) in [5, 5.41) is 2.88. The van der Waals surface area contributed by atoms with E-state index >= 15 is 0 Å². The van der Waals surface area contributed by atoms with Crippen LogP contribution in [0.1, 0.15) is 28.8 Å². The van der Waals surface area contributed by atoms with Crippen LogP contribution in [0.2, 0.25) is 0 Å². The van der Waals surface area contributed by atoms with Crippen molar-refractivity contribution in [1.29, 1.82) is 0 Å². The summed E-state index contributed by atoms with van der Waals surface area (Å²) < 4.78 is 5.18. The molecule has 2 aromatic carbocycles. The molecular weight excluding hydrogens is 342 g/mol. The molecule has 1 saturated heterocycles. The van der Waals surface area contributed by atoms with E-state index in [1.54, 1.807) is 25.3 Å². The van der Waals surface area contributed by atoms with Crippen LogP contribution in [0.15, 0.2) is 48.5 Å². The first-order valence-corrected chi connectivity index (χ1v) is 8.89. The number of ether oxygens (including phenoxy) is 1. The quantitative estimate of drug-likeness (QED) is 0.771. The van der Waals surface area contributed by atoms with Gasteiger partial charge in [0.05, 0.1) is 18.5 Å². The second-order valence-corrected chi connectivity index (χ2v) is 6.39. The van der Waals surface area contributed by atoms with Crippen molar-refractivity contribution in [2.45, 2.75) is 12.8 Å². The van der Waals surface area contributed by atoms with E-state index in [2.05, 4.69) is 10.2 Å². The highest BCUT2D eigenvalue weighted by Gasteiger charge is 2.18. The van der Waals surface area contributed by atoms with Gasteiger partial charge in [0.25, 0.3) is 0 Å². The van der Waals surface area contributed by atoms with Crippen LogP contribution >= 0.6 is 0 Å². The van der Waals surface area contributed by atoms with Crippen molar-refractivity contribution in [3.05, 3.63) is 59.7 Å². The molecule has 6 heteroatoms. The number of anilines is 2. The predicted molar refractivity (Wildman–Crippen MR) is 107 cm³/mol. The highest BCUT2D eigenvalue weighted by atomic mass is 16.5. The maximum absolute atomic E-state index is 12.4. The Bertz CT molecular complexity index is 871. The van der Waals surface area contributed by atoms with Crippen LogP contribution in [0.3, 0.4) is 0 Å². The number of nitrogens with zero attached hydrogens (tertiary/aromatic N) is 1. The Morgan fingerprint density at radius 1 is 1.15 bits per heavy atom. The molecule has 0 atom stereocenters. The van der Waals surface area contributed by atoms with Crippen molar-refractivity contribution in [3.63, 3.8) is 0 Å². The maximum atomic E-state index is 12.4. The molecule has 3 N–H and O–H groups in total. The van der Waals surface area contributed by atoms with Gasteiger partial charge in [0.2, 0.25) is 11.8 Å². The second-order valence-electron chi connectivity index (χ2n) is 6.39. The van der Waals surface area contributed by atoms with Crippen molar-refractivity contribution in [1.82, 2.24) is 0 Å². The topological polar surface area (TPSA) is 84.7 Å². The molecule has 6 nitrogen and oxygen atoms in total. The summed E-state index contributed by atoms with van der Waals surface area (Å²) in [7, 11) is 1.60. The molecule has 1 heterocycles. The lowest BCUT2D eigenvalue weighted by Gasteiger charge is -2.21. The van der Waals surface area contributed by atoms with E-state index in [1.165, 1.54) is 6.08 Å². The molecule has 0 bridgehead atoms. The van der Waals surface area contributed by atoms with E-state index < -0.39 is 5.91 Å². The van der Waals surface area contributed by atoms with Gasteiger partial charge < -0.3 is 20.7 Å². The third kappa shape index (κ3) is 4.67. The lowest BCUT2D eigenvalue weighted by Crippen LogP contribution is -2.21. The standard InChI is InChI=1S/C21H23N3O3/c1-27-17-6-4-5-15(13-17)7-10-20(25)23-18-14-16(21(22)26)8-9-19(18)24-11-2-3-12-24/h4-10,13-14H,2-3,11-12H2,1H3,(H2,22,26)(H,23,25). The van der Waals surface area contributed by atoms with E-state index in [0.717, 1.165) is 42.9 Å². The van der Waals surface area contributed by atoms with E-state index in [4.69, 9.17) is 10.5 Å². The molecule has 0 unspecified atom stereocenters. The Morgan fingerprint density at radius 3 is 2.63 bits per heavy atom. The van der Waals surface area contributed by atoms with Crippen LogP contribution in [0.5, 0.6) is 5.75 Å². The average molecular weight is 365 g/mol. The number of carbonyl (C=O) groups is 2. The average Bonchev–Trinajstić information content (AvgIpc) is 3.21. The van der Waals surface area contributed by atoms with Crippen LogP contribution in [0.4, 0.5) is 11.4 Å². The van der Waals surface area contributed by atoms with Crippen molar-refractivity contribution in [3.8, 4) is 5.75 Å². The van der Waals surface area contributed by atoms with Crippen molar-refractivity contribution >= 4 is 29.3 Å². The Labute approximate surface area is 158 Å². The number of benzene rings is 2. The number of amides is 2. The van der Waals surface area contributed by atoms with E-state index in [-0.39, 0.29) is 5.91 Å². The lowest BCUT2D eigenvalue weighted by molar-refractivity contribution is -0.111. The minimum Gasteiger partial charge on any atom is -0.497 e. The highest BCUT2D eigenvalue weighted by Crippen LogP contribution is 2.30. The number of nitrogens with two attached hydrogens (primary N) is 1. The largest absolute Gasteiger partial charge is 0.497 e. The summed E-state index contributed by atoms with van der Waals surface area (Å²) in [6, 6.07) is 12.6. The minimum absolute atomic E-state index is 0.278. The molecule has 2 aromatic rings. The van der Waals surface area contributed by atoms with Gasteiger partial charge in [-0.3, -0.25) is 9.59 Å². The van der Waals surface area contributed by atoms with Gasteiger partial charge in [-0.05, 0) is 54.8 Å². The van der Waals surface area contributed by atoms with Gasteiger partial charge in [-0.25, -0.2) is 0 Å². The van der Waals surface area contributed by atoms with E-state index in [1.807, 2.05) is 30.3 Å². The second kappa shape index (κ2) is 8.40. The molecule has 2 amide bonds. The van der Waals surface area contributed by atoms with Crippen LogP contribution in [0.25, 0.3) is 6.08 Å². The zero-order valence-corrected chi connectivity index (χ0v) is 15.3. The molecule has 140 valence electrons. The van der Waals surface area contributed by atoms with Gasteiger partial charge in [0.15, 0.2) is 0 Å². The molecule has 0 spiro atoms. The molecule has 1 aliphatic rings. The van der Waals surface area contributed by atoms with Gasteiger partial charge in [-0.15, -0.1) is 0 Å². The monoisotopic (exact) mass is 365 g/mol. The van der Waals surface area contributed by atoms with Crippen molar-refractivity contribution in [2.75, 3.05) is 30.4 Å². The minimum atomic E-state index is -0.523. The Kier molecular flexibility index (Phi) is 5.76. The summed E-state index contributed by atoms with van der Waals surface area (Å²) in [6.07, 6.45) is 5.40. The molecule has 3 rings (SSSR count). The number of carbonyl (C=O) groups excluding carboxylic acids is 2. The van der Waals surface area contributed by atoms with Gasteiger partial charge in [-0.2, -0.15) is 0 Å². The number of methoxy groups -OCH3 is 1. The number of rotatable bonds is 6. The molecule has 0 aliphatic carbocycles. The summed E-state index contributed by atoms with van der Waals surface area (Å²) in [6.45, 7) is 1.86. The normalized spacial score (nSPS) is 13.7. The SMILES string of the molecule is COc1cccc(C=CC(=O)Nc2cc(C(N)=O)ccc2N2CCCC2)c1. The summed E-state index contributed by atoms with van der Waals surface area (Å²) in [5.74, 6) is -0.0756.